The van der Waals surface area contributed by atoms with Crippen molar-refractivity contribution in [2.75, 3.05) is 6.54 Å². The second-order valence-electron chi connectivity index (χ2n) is 7.74. The minimum Gasteiger partial charge on any atom is -0.460 e. The molecule has 0 radical (unpaired) electrons. The molecule has 0 saturated carbocycles. The van der Waals surface area contributed by atoms with Gasteiger partial charge >= 0.3 is 11.6 Å². The molecule has 3 aromatic rings. The molecule has 0 aliphatic carbocycles. The van der Waals surface area contributed by atoms with Crippen LogP contribution in [0, 0.1) is 6.92 Å². The minimum atomic E-state index is -3.84. The van der Waals surface area contributed by atoms with E-state index >= 15 is 0 Å². The van der Waals surface area contributed by atoms with E-state index in [2.05, 4.69) is 0 Å². The highest BCUT2D eigenvalue weighted by Crippen LogP contribution is 2.28. The summed E-state index contributed by atoms with van der Waals surface area (Å²) in [5.41, 5.74) is 0.966. The first-order valence-electron chi connectivity index (χ1n) is 10.2. The first kappa shape index (κ1) is 22.5. The zero-order valence-corrected chi connectivity index (χ0v) is 19.0. The molecule has 1 aromatic heterocycles. The second kappa shape index (κ2) is 9.05. The lowest BCUT2D eigenvalue weighted by Crippen LogP contribution is -2.48. The Morgan fingerprint density at radius 2 is 1.94 bits per heavy atom. The average Bonchev–Trinajstić information content (AvgIpc) is 2.79. The first-order chi connectivity index (χ1) is 15.3. The van der Waals surface area contributed by atoms with Crippen LogP contribution in [-0.2, 0) is 26.2 Å². The van der Waals surface area contributed by atoms with Crippen molar-refractivity contribution in [3.63, 3.8) is 0 Å². The number of hydrogen-bond donors (Lipinski definition) is 0. The molecule has 2 heterocycles. The number of aryl methyl sites for hydroxylation is 1. The maximum atomic E-state index is 13.1. The van der Waals surface area contributed by atoms with Gasteiger partial charge in [0, 0.05) is 28.6 Å². The van der Waals surface area contributed by atoms with Crippen molar-refractivity contribution in [3.05, 3.63) is 75.1 Å². The van der Waals surface area contributed by atoms with Crippen LogP contribution in [0.2, 0.25) is 5.02 Å². The topological polar surface area (TPSA) is 93.9 Å². The maximum absolute atomic E-state index is 13.1. The number of esters is 1. The van der Waals surface area contributed by atoms with Crippen molar-refractivity contribution in [3.8, 4) is 0 Å². The number of halogens is 1. The molecule has 168 valence electrons. The molecule has 0 unspecified atom stereocenters. The van der Waals surface area contributed by atoms with E-state index in [1.54, 1.807) is 37.3 Å². The van der Waals surface area contributed by atoms with Gasteiger partial charge in [-0.05, 0) is 56.0 Å². The molecule has 1 aliphatic rings. The molecular weight excluding hydrogens is 454 g/mol. The van der Waals surface area contributed by atoms with E-state index in [0.717, 1.165) is 5.56 Å². The summed E-state index contributed by atoms with van der Waals surface area (Å²) in [4.78, 5) is 25.0. The molecule has 4 rings (SSSR count). The van der Waals surface area contributed by atoms with Gasteiger partial charge in [-0.25, -0.2) is 13.2 Å². The number of nitrogens with zero attached hydrogens (tertiary/aromatic N) is 1. The molecule has 0 spiro atoms. The largest absolute Gasteiger partial charge is 0.460 e. The number of sulfonamides is 1. The van der Waals surface area contributed by atoms with Crippen LogP contribution in [0.5, 0.6) is 0 Å². The summed E-state index contributed by atoms with van der Waals surface area (Å²) in [6, 6.07) is 11.7. The average molecular weight is 476 g/mol. The number of hydrogen-bond acceptors (Lipinski definition) is 6. The Hall–Kier alpha value is -2.68. The first-order valence-corrected chi connectivity index (χ1v) is 12.1. The highest BCUT2D eigenvalue weighted by Gasteiger charge is 2.38. The number of fused-ring (bicyclic) bond motifs is 1. The van der Waals surface area contributed by atoms with E-state index < -0.39 is 27.7 Å². The molecule has 0 bridgehead atoms. The molecule has 1 atom stereocenters. The Kier molecular flexibility index (Phi) is 6.37. The van der Waals surface area contributed by atoms with Crippen molar-refractivity contribution < 1.29 is 22.4 Å². The van der Waals surface area contributed by atoms with Gasteiger partial charge in [0.2, 0.25) is 10.0 Å². The predicted molar refractivity (Wildman–Crippen MR) is 120 cm³/mol. The van der Waals surface area contributed by atoms with Crippen molar-refractivity contribution in [1.29, 1.82) is 0 Å². The Morgan fingerprint density at radius 3 is 2.69 bits per heavy atom. The standard InChI is InChI=1S/C23H22ClNO6S/c1-15-11-21-18(13-19(15)24)16(12-22(26)31-21)14-30-23(27)20-9-5-6-10-25(20)32(28,29)17-7-3-2-4-8-17/h2-4,7-8,11-13,20H,5-6,9-10,14H2,1H3/t20-/m0/s1. The molecule has 1 aliphatic heterocycles. The van der Waals surface area contributed by atoms with Crippen LogP contribution < -0.4 is 5.63 Å². The summed E-state index contributed by atoms with van der Waals surface area (Å²) in [5.74, 6) is -0.649. The minimum absolute atomic E-state index is 0.136. The Balaban J connectivity index is 1.58. The molecule has 2 aromatic carbocycles. The van der Waals surface area contributed by atoms with Gasteiger partial charge in [0.25, 0.3) is 0 Å². The van der Waals surface area contributed by atoms with E-state index in [9.17, 15) is 18.0 Å². The lowest BCUT2D eigenvalue weighted by Gasteiger charge is -2.33. The van der Waals surface area contributed by atoms with Gasteiger partial charge in [-0.2, -0.15) is 4.31 Å². The number of rotatable bonds is 5. The molecule has 1 saturated heterocycles. The van der Waals surface area contributed by atoms with Crippen LogP contribution in [0.15, 0.2) is 62.6 Å². The SMILES string of the molecule is Cc1cc2oc(=O)cc(COC(=O)[C@@H]3CCCCN3S(=O)(=O)c3ccccc3)c2cc1Cl. The third-order valence-electron chi connectivity index (χ3n) is 5.55. The number of carbonyl (C=O) groups is 1. The number of piperidine rings is 1. The summed E-state index contributed by atoms with van der Waals surface area (Å²) < 4.78 is 38.2. The van der Waals surface area contributed by atoms with E-state index in [0.29, 0.717) is 40.8 Å². The monoisotopic (exact) mass is 475 g/mol. The zero-order chi connectivity index (χ0) is 22.9. The Bertz CT molecular complexity index is 1320. The fraction of sp³-hybridized carbons (Fsp3) is 0.304. The van der Waals surface area contributed by atoms with Gasteiger partial charge in [-0.1, -0.05) is 29.8 Å². The molecule has 1 fully saturated rings. The summed E-state index contributed by atoms with van der Waals surface area (Å²) in [7, 11) is -3.84. The zero-order valence-electron chi connectivity index (χ0n) is 17.4. The van der Waals surface area contributed by atoms with E-state index in [-0.39, 0.29) is 18.0 Å². The lowest BCUT2D eigenvalue weighted by molar-refractivity contribution is -0.150. The fourth-order valence-electron chi connectivity index (χ4n) is 3.87. The van der Waals surface area contributed by atoms with Crippen LogP contribution in [0.1, 0.15) is 30.4 Å². The van der Waals surface area contributed by atoms with E-state index in [4.69, 9.17) is 20.8 Å². The quantitative estimate of drug-likeness (QED) is 0.408. The Morgan fingerprint density at radius 1 is 1.19 bits per heavy atom. The normalized spacial score (nSPS) is 17.4. The van der Waals surface area contributed by atoms with Gasteiger partial charge in [0.05, 0.1) is 4.90 Å². The lowest BCUT2D eigenvalue weighted by atomic mass is 10.1. The summed E-state index contributed by atoms with van der Waals surface area (Å²) in [6.45, 7) is 1.83. The van der Waals surface area contributed by atoms with Crippen LogP contribution in [0.25, 0.3) is 11.0 Å². The molecule has 0 N–H and O–H groups in total. The molecular formula is C23H22ClNO6S. The predicted octanol–water partition coefficient (Wildman–Crippen LogP) is 4.04. The maximum Gasteiger partial charge on any atom is 0.336 e. The Labute approximate surface area is 190 Å². The van der Waals surface area contributed by atoms with Crippen molar-refractivity contribution >= 4 is 38.6 Å². The van der Waals surface area contributed by atoms with E-state index in [1.165, 1.54) is 22.5 Å². The van der Waals surface area contributed by atoms with Crippen LogP contribution in [-0.4, -0.2) is 31.3 Å². The van der Waals surface area contributed by atoms with Gasteiger partial charge in [0.15, 0.2) is 0 Å². The highest BCUT2D eigenvalue weighted by molar-refractivity contribution is 7.89. The van der Waals surface area contributed by atoms with Crippen molar-refractivity contribution in [2.24, 2.45) is 0 Å². The van der Waals surface area contributed by atoms with Crippen molar-refractivity contribution in [2.45, 2.75) is 43.7 Å². The van der Waals surface area contributed by atoms with Crippen LogP contribution in [0.4, 0.5) is 0 Å². The fourth-order valence-corrected chi connectivity index (χ4v) is 5.70. The summed E-state index contributed by atoms with van der Waals surface area (Å²) >= 11 is 6.21. The van der Waals surface area contributed by atoms with Gasteiger partial charge < -0.3 is 9.15 Å². The molecule has 9 heteroatoms. The van der Waals surface area contributed by atoms with E-state index in [1.807, 2.05) is 0 Å². The van der Waals surface area contributed by atoms with Gasteiger partial charge in [-0.3, -0.25) is 4.79 Å². The smallest absolute Gasteiger partial charge is 0.336 e. The second-order valence-corrected chi connectivity index (χ2v) is 10.0. The highest BCUT2D eigenvalue weighted by atomic mass is 35.5. The number of carbonyl (C=O) groups excluding carboxylic acids is 1. The van der Waals surface area contributed by atoms with Crippen molar-refractivity contribution in [1.82, 2.24) is 4.31 Å². The van der Waals surface area contributed by atoms with Crippen LogP contribution in [0.3, 0.4) is 0 Å². The summed E-state index contributed by atoms with van der Waals surface area (Å²) in [6.07, 6.45) is 1.75. The van der Waals surface area contributed by atoms with Gasteiger partial charge in [-0.15, -0.1) is 0 Å². The number of benzene rings is 2. The third kappa shape index (κ3) is 4.44. The molecule has 0 amide bonds. The van der Waals surface area contributed by atoms with Crippen LogP contribution >= 0.6 is 11.6 Å². The van der Waals surface area contributed by atoms with Gasteiger partial charge in [0.1, 0.15) is 18.2 Å². The third-order valence-corrected chi connectivity index (χ3v) is 7.88. The summed E-state index contributed by atoms with van der Waals surface area (Å²) in [5, 5.41) is 1.05. The molecule has 32 heavy (non-hydrogen) atoms. The number of ether oxygens (including phenoxy) is 1. The molecule has 7 nitrogen and oxygen atoms in total.